The third-order valence-corrected chi connectivity index (χ3v) is 5.15. The molecular weight excluding hydrogens is 398 g/mol. The van der Waals surface area contributed by atoms with Crippen molar-refractivity contribution >= 4 is 17.4 Å². The molecule has 0 saturated heterocycles. The van der Waals surface area contributed by atoms with Gasteiger partial charge in [0, 0.05) is 36.2 Å². The van der Waals surface area contributed by atoms with Gasteiger partial charge in [0.1, 0.15) is 0 Å². The average Bonchev–Trinajstić information content (AvgIpc) is 2.79. The number of halogens is 2. The van der Waals surface area contributed by atoms with Gasteiger partial charge < -0.3 is 4.90 Å². The molecule has 0 aliphatic rings. The van der Waals surface area contributed by atoms with Crippen molar-refractivity contribution in [3.63, 3.8) is 0 Å². The van der Waals surface area contributed by atoms with Crippen molar-refractivity contribution in [1.29, 1.82) is 0 Å². The quantitative estimate of drug-likeness (QED) is 0.350. The highest BCUT2D eigenvalue weighted by Crippen LogP contribution is 2.24. The van der Waals surface area contributed by atoms with Crippen LogP contribution in [0.15, 0.2) is 60.7 Å². The maximum atomic E-state index is 13.6. The summed E-state index contributed by atoms with van der Waals surface area (Å²) in [6, 6.07) is 17.3. The van der Waals surface area contributed by atoms with Crippen LogP contribution in [0.1, 0.15) is 42.6 Å². The van der Waals surface area contributed by atoms with Gasteiger partial charge in [-0.2, -0.15) is 13.8 Å². The lowest BCUT2D eigenvalue weighted by atomic mass is 9.99. The second kappa shape index (κ2) is 10.1. The van der Waals surface area contributed by atoms with Crippen LogP contribution in [0.3, 0.4) is 0 Å². The minimum atomic E-state index is -0.881. The monoisotopic (exact) mass is 422 g/mol. The summed E-state index contributed by atoms with van der Waals surface area (Å²) in [5, 5.41) is 0. The average molecular weight is 422 g/mol. The van der Waals surface area contributed by atoms with Gasteiger partial charge in [0.2, 0.25) is 17.8 Å². The highest BCUT2D eigenvalue weighted by atomic mass is 19.1. The minimum absolute atomic E-state index is 0.0782. The molecular formula is C25H24F2N2O2. The van der Waals surface area contributed by atoms with E-state index in [-0.39, 0.29) is 30.1 Å². The second-order valence-corrected chi connectivity index (χ2v) is 7.12. The number of aryl methyl sites for hydroxylation is 1. The summed E-state index contributed by atoms with van der Waals surface area (Å²) in [6.45, 7) is 4.40. The Kier molecular flexibility index (Phi) is 7.23. The fourth-order valence-corrected chi connectivity index (χ4v) is 3.40. The van der Waals surface area contributed by atoms with E-state index in [2.05, 4.69) is 4.98 Å². The Morgan fingerprint density at radius 1 is 0.871 bits per heavy atom. The van der Waals surface area contributed by atoms with Crippen LogP contribution in [-0.2, 0) is 11.2 Å². The summed E-state index contributed by atoms with van der Waals surface area (Å²) < 4.78 is 26.5. The Morgan fingerprint density at radius 2 is 1.48 bits per heavy atom. The number of carbonyl (C=O) groups is 2. The van der Waals surface area contributed by atoms with Crippen molar-refractivity contribution < 1.29 is 18.4 Å². The molecule has 4 nitrogen and oxygen atoms in total. The van der Waals surface area contributed by atoms with E-state index in [1.807, 2.05) is 50.2 Å². The zero-order valence-corrected chi connectivity index (χ0v) is 17.6. The SMILES string of the molecule is CCC(=O)N(CC)c1ccc(-c2ccc(C(=O)CCc3ccc(F)nc3F)cc2)cc1. The van der Waals surface area contributed by atoms with Gasteiger partial charge in [-0.25, -0.2) is 0 Å². The van der Waals surface area contributed by atoms with Gasteiger partial charge in [-0.05, 0) is 48.7 Å². The fourth-order valence-electron chi connectivity index (χ4n) is 3.40. The van der Waals surface area contributed by atoms with E-state index in [0.29, 0.717) is 18.5 Å². The minimum Gasteiger partial charge on any atom is -0.313 e. The molecule has 3 aromatic rings. The Bertz CT molecular complexity index is 1060. The van der Waals surface area contributed by atoms with Crippen LogP contribution in [0.2, 0.25) is 0 Å². The number of amides is 1. The molecule has 2 aromatic carbocycles. The summed E-state index contributed by atoms with van der Waals surface area (Å²) >= 11 is 0. The zero-order valence-electron chi connectivity index (χ0n) is 17.6. The molecule has 0 saturated carbocycles. The summed E-state index contributed by atoms with van der Waals surface area (Å²) in [7, 11) is 0. The smallest absolute Gasteiger partial charge is 0.226 e. The third kappa shape index (κ3) is 5.40. The lowest BCUT2D eigenvalue weighted by Crippen LogP contribution is -2.29. The van der Waals surface area contributed by atoms with E-state index in [1.165, 1.54) is 6.07 Å². The van der Waals surface area contributed by atoms with Gasteiger partial charge in [-0.3, -0.25) is 9.59 Å². The molecule has 0 atom stereocenters. The number of anilines is 1. The maximum absolute atomic E-state index is 13.6. The number of carbonyl (C=O) groups excluding carboxylic acids is 2. The van der Waals surface area contributed by atoms with Gasteiger partial charge >= 0.3 is 0 Å². The predicted octanol–water partition coefficient (Wildman–Crippen LogP) is 5.61. The Hall–Kier alpha value is -3.41. The van der Waals surface area contributed by atoms with Gasteiger partial charge in [0.25, 0.3) is 0 Å². The third-order valence-electron chi connectivity index (χ3n) is 5.15. The topological polar surface area (TPSA) is 50.3 Å². The van der Waals surface area contributed by atoms with E-state index >= 15 is 0 Å². The van der Waals surface area contributed by atoms with E-state index < -0.39 is 11.9 Å². The molecule has 0 unspecified atom stereocenters. The number of ketones is 1. The molecule has 31 heavy (non-hydrogen) atoms. The first-order valence-corrected chi connectivity index (χ1v) is 10.3. The summed E-state index contributed by atoms with van der Waals surface area (Å²) in [5.74, 6) is -1.80. The first-order chi connectivity index (χ1) is 14.9. The molecule has 0 N–H and O–H groups in total. The zero-order chi connectivity index (χ0) is 22.4. The largest absolute Gasteiger partial charge is 0.313 e. The molecule has 160 valence electrons. The van der Waals surface area contributed by atoms with Crippen LogP contribution >= 0.6 is 0 Å². The Morgan fingerprint density at radius 3 is 2.03 bits per heavy atom. The summed E-state index contributed by atoms with van der Waals surface area (Å²) in [4.78, 5) is 29.3. The highest BCUT2D eigenvalue weighted by Gasteiger charge is 2.13. The number of rotatable bonds is 8. The van der Waals surface area contributed by atoms with Crippen molar-refractivity contribution in [1.82, 2.24) is 4.98 Å². The van der Waals surface area contributed by atoms with Crippen LogP contribution < -0.4 is 4.90 Å². The van der Waals surface area contributed by atoms with E-state index in [1.54, 1.807) is 17.0 Å². The highest BCUT2D eigenvalue weighted by molar-refractivity contribution is 5.96. The van der Waals surface area contributed by atoms with Crippen LogP contribution in [0, 0.1) is 11.9 Å². The molecule has 0 aliphatic carbocycles. The fraction of sp³-hybridized carbons (Fsp3) is 0.240. The summed E-state index contributed by atoms with van der Waals surface area (Å²) in [5.41, 5.74) is 3.52. The molecule has 1 amide bonds. The van der Waals surface area contributed by atoms with Crippen LogP contribution in [-0.4, -0.2) is 23.2 Å². The molecule has 0 aliphatic heterocycles. The van der Waals surface area contributed by atoms with E-state index in [9.17, 15) is 18.4 Å². The lowest BCUT2D eigenvalue weighted by Gasteiger charge is -2.20. The van der Waals surface area contributed by atoms with Crippen LogP contribution in [0.4, 0.5) is 14.5 Å². The number of hydrogen-bond donors (Lipinski definition) is 0. The molecule has 1 aromatic heterocycles. The van der Waals surface area contributed by atoms with E-state index in [0.717, 1.165) is 22.9 Å². The molecule has 0 spiro atoms. The summed E-state index contributed by atoms with van der Waals surface area (Å²) in [6.07, 6.45) is 0.720. The Balaban J connectivity index is 1.66. The van der Waals surface area contributed by atoms with Crippen molar-refractivity contribution in [3.05, 3.63) is 83.7 Å². The van der Waals surface area contributed by atoms with Crippen molar-refractivity contribution in [3.8, 4) is 11.1 Å². The molecule has 0 fully saturated rings. The second-order valence-electron chi connectivity index (χ2n) is 7.12. The first kappa shape index (κ1) is 22.3. The molecule has 6 heteroatoms. The van der Waals surface area contributed by atoms with Gasteiger partial charge in [-0.15, -0.1) is 0 Å². The standard InChI is InChI=1S/C25H24F2N2O2/c1-3-24(31)29(4-2)21-13-9-18(10-14-21)17-5-7-19(8-6-17)22(30)15-11-20-12-16-23(26)28-25(20)27/h5-10,12-14,16H,3-4,11,15H2,1-2H3. The number of benzene rings is 2. The van der Waals surface area contributed by atoms with Crippen molar-refractivity contribution in [2.24, 2.45) is 0 Å². The van der Waals surface area contributed by atoms with Gasteiger partial charge in [0.15, 0.2) is 5.78 Å². The predicted molar refractivity (Wildman–Crippen MR) is 117 cm³/mol. The maximum Gasteiger partial charge on any atom is 0.226 e. The van der Waals surface area contributed by atoms with E-state index in [4.69, 9.17) is 0 Å². The van der Waals surface area contributed by atoms with Crippen molar-refractivity contribution in [2.75, 3.05) is 11.4 Å². The molecule has 0 bridgehead atoms. The number of nitrogens with zero attached hydrogens (tertiary/aromatic N) is 2. The van der Waals surface area contributed by atoms with Crippen molar-refractivity contribution in [2.45, 2.75) is 33.1 Å². The molecule has 1 heterocycles. The number of pyridine rings is 1. The lowest BCUT2D eigenvalue weighted by molar-refractivity contribution is -0.118. The normalized spacial score (nSPS) is 10.7. The number of hydrogen-bond acceptors (Lipinski definition) is 3. The van der Waals surface area contributed by atoms with Crippen LogP contribution in [0.25, 0.3) is 11.1 Å². The molecule has 3 rings (SSSR count). The first-order valence-electron chi connectivity index (χ1n) is 10.3. The molecule has 0 radical (unpaired) electrons. The number of aromatic nitrogens is 1. The Labute approximate surface area is 180 Å². The number of Topliss-reactive ketones (excluding diaryl/α,β-unsaturated/α-hetero) is 1. The van der Waals surface area contributed by atoms with Gasteiger partial charge in [-0.1, -0.05) is 43.3 Å². The van der Waals surface area contributed by atoms with Crippen LogP contribution in [0.5, 0.6) is 0 Å². The van der Waals surface area contributed by atoms with Gasteiger partial charge in [0.05, 0.1) is 0 Å².